The minimum absolute atomic E-state index is 0.0380. The number of aliphatic carboxylic acids is 1. The van der Waals surface area contributed by atoms with Gasteiger partial charge in [-0.15, -0.1) is 0 Å². The van der Waals surface area contributed by atoms with Crippen LogP contribution in [0.15, 0.2) is 30.3 Å². The molecule has 0 heterocycles. The second-order valence-electron chi connectivity index (χ2n) is 6.10. The van der Waals surface area contributed by atoms with E-state index in [9.17, 15) is 19.5 Å². The van der Waals surface area contributed by atoms with Gasteiger partial charge in [-0.25, -0.2) is 9.59 Å². The number of carboxylic acids is 1. The van der Waals surface area contributed by atoms with Crippen LogP contribution in [0.25, 0.3) is 0 Å². The Kier molecular flexibility index (Phi) is 5.86. The smallest absolute Gasteiger partial charge is 0.338 e. The van der Waals surface area contributed by atoms with E-state index in [1.54, 1.807) is 45.0 Å². The number of hydrogen-bond acceptors (Lipinski definition) is 6. The van der Waals surface area contributed by atoms with Crippen molar-refractivity contribution in [2.24, 2.45) is 5.73 Å². The lowest BCUT2D eigenvalue weighted by Gasteiger charge is -2.27. The number of nitrogens with two attached hydrogens (primary N) is 1. The third-order valence-electron chi connectivity index (χ3n) is 2.81. The Bertz CT molecular complexity index is 578. The Morgan fingerprint density at radius 2 is 1.70 bits per heavy atom. The average Bonchev–Trinajstić information content (AvgIpc) is 2.44. The second-order valence-corrected chi connectivity index (χ2v) is 6.10. The molecule has 126 valence electrons. The number of esters is 2. The third-order valence-corrected chi connectivity index (χ3v) is 2.81. The first-order valence-electron chi connectivity index (χ1n) is 7.00. The Balaban J connectivity index is 2.73. The molecule has 0 saturated heterocycles. The van der Waals surface area contributed by atoms with Crippen LogP contribution in [-0.4, -0.2) is 34.2 Å². The molecule has 0 fully saturated rings. The number of rotatable bonds is 6. The molecule has 0 radical (unpaired) electrons. The van der Waals surface area contributed by atoms with E-state index < -0.39 is 35.5 Å². The van der Waals surface area contributed by atoms with E-state index in [4.69, 9.17) is 15.2 Å². The molecule has 3 N–H and O–H groups in total. The van der Waals surface area contributed by atoms with Crippen molar-refractivity contribution in [3.63, 3.8) is 0 Å². The molecule has 0 aliphatic heterocycles. The predicted octanol–water partition coefficient (Wildman–Crippen LogP) is 1.24. The van der Waals surface area contributed by atoms with Gasteiger partial charge in [0, 0.05) is 0 Å². The molecule has 0 aliphatic rings. The maximum atomic E-state index is 12.0. The van der Waals surface area contributed by atoms with E-state index in [-0.39, 0.29) is 6.61 Å². The summed E-state index contributed by atoms with van der Waals surface area (Å²) in [5.74, 6) is -3.73. The molecule has 7 nitrogen and oxygen atoms in total. The predicted molar refractivity (Wildman–Crippen MR) is 81.3 cm³/mol. The van der Waals surface area contributed by atoms with Gasteiger partial charge < -0.3 is 20.3 Å². The van der Waals surface area contributed by atoms with Crippen molar-refractivity contribution < 1.29 is 29.0 Å². The quantitative estimate of drug-likeness (QED) is 0.597. The molecule has 1 aromatic carbocycles. The summed E-state index contributed by atoms with van der Waals surface area (Å²) in [6, 6.07) is 8.84. The zero-order valence-corrected chi connectivity index (χ0v) is 13.4. The molecule has 7 heteroatoms. The molecule has 0 bridgehead atoms. The Labute approximate surface area is 134 Å². The highest BCUT2D eigenvalue weighted by atomic mass is 16.6. The molecule has 1 aromatic rings. The minimum atomic E-state index is -2.49. The van der Waals surface area contributed by atoms with E-state index in [1.807, 2.05) is 6.07 Å². The van der Waals surface area contributed by atoms with E-state index in [1.165, 1.54) is 0 Å². The molecule has 1 rings (SSSR count). The largest absolute Gasteiger partial charge is 0.479 e. The fraction of sp³-hybridized carbons (Fsp3) is 0.438. The van der Waals surface area contributed by atoms with Crippen molar-refractivity contribution in [2.45, 2.75) is 44.9 Å². The van der Waals surface area contributed by atoms with Crippen molar-refractivity contribution in [1.82, 2.24) is 0 Å². The van der Waals surface area contributed by atoms with Crippen LogP contribution in [0.4, 0.5) is 0 Å². The van der Waals surface area contributed by atoms with Gasteiger partial charge in [0.2, 0.25) is 5.54 Å². The van der Waals surface area contributed by atoms with Crippen LogP contribution in [0.3, 0.4) is 0 Å². The van der Waals surface area contributed by atoms with Gasteiger partial charge >= 0.3 is 17.9 Å². The summed E-state index contributed by atoms with van der Waals surface area (Å²) >= 11 is 0. The third kappa shape index (κ3) is 5.71. The van der Waals surface area contributed by atoms with Gasteiger partial charge in [0.15, 0.2) is 0 Å². The van der Waals surface area contributed by atoms with E-state index in [2.05, 4.69) is 0 Å². The first-order valence-corrected chi connectivity index (χ1v) is 7.00. The minimum Gasteiger partial charge on any atom is -0.479 e. The van der Waals surface area contributed by atoms with Gasteiger partial charge in [-0.05, 0) is 26.3 Å². The number of carbonyl (C=O) groups is 3. The summed E-state index contributed by atoms with van der Waals surface area (Å²) in [7, 11) is 0. The summed E-state index contributed by atoms with van der Waals surface area (Å²) in [6.07, 6.45) is -0.815. The highest BCUT2D eigenvalue weighted by Crippen LogP contribution is 2.17. The lowest BCUT2D eigenvalue weighted by atomic mass is 9.96. The molecule has 0 aliphatic carbocycles. The fourth-order valence-corrected chi connectivity index (χ4v) is 1.62. The van der Waals surface area contributed by atoms with Crippen LogP contribution in [0, 0.1) is 0 Å². The lowest BCUT2D eigenvalue weighted by molar-refractivity contribution is -0.173. The summed E-state index contributed by atoms with van der Waals surface area (Å²) < 4.78 is 9.94. The van der Waals surface area contributed by atoms with Gasteiger partial charge in [-0.3, -0.25) is 4.79 Å². The van der Waals surface area contributed by atoms with Crippen LogP contribution < -0.4 is 5.73 Å². The SMILES string of the molecule is CC(C)(C)OC(=O)C(N)(CC(=O)OCc1ccccc1)C(=O)O. The van der Waals surface area contributed by atoms with Gasteiger partial charge in [-0.2, -0.15) is 0 Å². The number of hydrogen-bond donors (Lipinski definition) is 2. The Hall–Kier alpha value is -2.41. The van der Waals surface area contributed by atoms with Crippen molar-refractivity contribution >= 4 is 17.9 Å². The van der Waals surface area contributed by atoms with Crippen molar-refractivity contribution in [1.29, 1.82) is 0 Å². The van der Waals surface area contributed by atoms with E-state index >= 15 is 0 Å². The molecule has 1 atom stereocenters. The topological polar surface area (TPSA) is 116 Å². The standard InChI is InChI=1S/C16H21NO6/c1-15(2,3)23-14(21)16(17,13(19)20)9-12(18)22-10-11-7-5-4-6-8-11/h4-8H,9-10,17H2,1-3H3,(H,19,20). The van der Waals surface area contributed by atoms with Crippen LogP contribution in [0.2, 0.25) is 0 Å². The fourth-order valence-electron chi connectivity index (χ4n) is 1.62. The van der Waals surface area contributed by atoms with Crippen LogP contribution in [0.1, 0.15) is 32.8 Å². The molecular formula is C16H21NO6. The molecule has 0 spiro atoms. The zero-order chi connectivity index (χ0) is 17.7. The number of carboxylic acid groups (broad SMARTS) is 1. The number of carbonyl (C=O) groups excluding carboxylic acids is 2. The summed E-state index contributed by atoms with van der Waals surface area (Å²) in [5.41, 5.74) is 2.91. The van der Waals surface area contributed by atoms with Crippen molar-refractivity contribution in [3.05, 3.63) is 35.9 Å². The normalized spacial score (nSPS) is 13.7. The van der Waals surface area contributed by atoms with Gasteiger partial charge in [0.1, 0.15) is 12.2 Å². The highest BCUT2D eigenvalue weighted by Gasteiger charge is 2.47. The van der Waals surface area contributed by atoms with Gasteiger partial charge in [0.25, 0.3) is 0 Å². The Morgan fingerprint density at radius 1 is 1.13 bits per heavy atom. The van der Waals surface area contributed by atoms with E-state index in [0.29, 0.717) is 0 Å². The Morgan fingerprint density at radius 3 is 2.17 bits per heavy atom. The average molecular weight is 323 g/mol. The van der Waals surface area contributed by atoms with Crippen molar-refractivity contribution in [3.8, 4) is 0 Å². The molecule has 0 saturated carbocycles. The lowest BCUT2D eigenvalue weighted by Crippen LogP contribution is -2.58. The van der Waals surface area contributed by atoms with Crippen LogP contribution in [-0.2, 0) is 30.5 Å². The maximum Gasteiger partial charge on any atom is 0.338 e. The first-order chi connectivity index (χ1) is 10.5. The van der Waals surface area contributed by atoms with Crippen LogP contribution >= 0.6 is 0 Å². The monoisotopic (exact) mass is 323 g/mol. The van der Waals surface area contributed by atoms with Crippen molar-refractivity contribution in [2.75, 3.05) is 0 Å². The molecular weight excluding hydrogens is 302 g/mol. The second kappa shape index (κ2) is 7.23. The zero-order valence-electron chi connectivity index (χ0n) is 13.4. The number of ether oxygens (including phenoxy) is 2. The highest BCUT2D eigenvalue weighted by molar-refractivity contribution is 6.06. The maximum absolute atomic E-state index is 12.0. The van der Waals surface area contributed by atoms with E-state index in [0.717, 1.165) is 5.56 Å². The van der Waals surface area contributed by atoms with Crippen LogP contribution in [0.5, 0.6) is 0 Å². The summed E-state index contributed by atoms with van der Waals surface area (Å²) in [4.78, 5) is 35.2. The molecule has 1 unspecified atom stereocenters. The van der Waals surface area contributed by atoms with Gasteiger partial charge in [-0.1, -0.05) is 30.3 Å². The summed E-state index contributed by atoms with van der Waals surface area (Å²) in [6.45, 7) is 4.67. The van der Waals surface area contributed by atoms with Gasteiger partial charge in [0.05, 0.1) is 6.42 Å². The summed E-state index contributed by atoms with van der Waals surface area (Å²) in [5, 5.41) is 9.20. The first kappa shape index (κ1) is 18.6. The molecule has 23 heavy (non-hydrogen) atoms. The number of benzene rings is 1. The molecule has 0 aromatic heterocycles. The molecule has 0 amide bonds.